The van der Waals surface area contributed by atoms with E-state index < -0.39 is 4.92 Å². The van der Waals surface area contributed by atoms with Crippen LogP contribution >= 0.6 is 23.4 Å². The van der Waals surface area contributed by atoms with Crippen LogP contribution in [-0.4, -0.2) is 4.92 Å². The van der Waals surface area contributed by atoms with Crippen LogP contribution in [0.1, 0.15) is 5.56 Å². The monoisotopic (exact) mass is 279 g/mol. The molecular formula is C13H10ClNO2S. The highest BCUT2D eigenvalue weighted by Crippen LogP contribution is 2.31. The maximum absolute atomic E-state index is 10.5. The summed E-state index contributed by atoms with van der Waals surface area (Å²) in [7, 11) is 0. The van der Waals surface area contributed by atoms with Crippen molar-refractivity contribution in [3.63, 3.8) is 0 Å². The average molecular weight is 280 g/mol. The smallest absolute Gasteiger partial charge is 0.258 e. The Morgan fingerprint density at radius 3 is 2.33 bits per heavy atom. The molecule has 0 aliphatic rings. The highest BCUT2D eigenvalue weighted by Gasteiger charge is 2.05. The Bertz CT molecular complexity index is 564. The summed E-state index contributed by atoms with van der Waals surface area (Å²) >= 11 is 7.51. The van der Waals surface area contributed by atoms with Crippen molar-refractivity contribution in [1.82, 2.24) is 0 Å². The minimum Gasteiger partial charge on any atom is -0.258 e. The molecule has 0 saturated carbocycles. The molecule has 0 aliphatic heterocycles. The van der Waals surface area contributed by atoms with Gasteiger partial charge in [-0.05, 0) is 42.8 Å². The van der Waals surface area contributed by atoms with Gasteiger partial charge in [0.2, 0.25) is 0 Å². The average Bonchev–Trinajstić information content (AvgIpc) is 2.28. The third-order valence-electron chi connectivity index (χ3n) is 2.30. The molecule has 0 saturated heterocycles. The summed E-state index contributed by atoms with van der Waals surface area (Å²) in [6.07, 6.45) is 0. The summed E-state index contributed by atoms with van der Waals surface area (Å²) in [4.78, 5) is 12.1. The Morgan fingerprint density at radius 1 is 1.11 bits per heavy atom. The SMILES string of the molecule is Cc1cc(Cl)cc(Sc2ccc([N+](=O)[O-])cc2)c1. The van der Waals surface area contributed by atoms with Crippen molar-refractivity contribution >= 4 is 29.1 Å². The molecule has 0 radical (unpaired) electrons. The lowest BCUT2D eigenvalue weighted by molar-refractivity contribution is -0.384. The van der Waals surface area contributed by atoms with E-state index in [0.29, 0.717) is 5.02 Å². The van der Waals surface area contributed by atoms with E-state index in [1.54, 1.807) is 12.1 Å². The van der Waals surface area contributed by atoms with Gasteiger partial charge in [0.05, 0.1) is 4.92 Å². The predicted octanol–water partition coefficient (Wildman–Crippen LogP) is 4.71. The van der Waals surface area contributed by atoms with Crippen LogP contribution in [0.15, 0.2) is 52.3 Å². The van der Waals surface area contributed by atoms with Crippen molar-refractivity contribution in [2.75, 3.05) is 0 Å². The fourth-order valence-corrected chi connectivity index (χ4v) is 2.86. The Hall–Kier alpha value is -1.52. The summed E-state index contributed by atoms with van der Waals surface area (Å²) in [5.74, 6) is 0. The van der Waals surface area contributed by atoms with Crippen LogP contribution in [0.2, 0.25) is 5.02 Å². The number of benzene rings is 2. The third-order valence-corrected chi connectivity index (χ3v) is 3.50. The molecule has 0 spiro atoms. The van der Waals surface area contributed by atoms with E-state index in [4.69, 9.17) is 11.6 Å². The highest BCUT2D eigenvalue weighted by atomic mass is 35.5. The number of aryl methyl sites for hydroxylation is 1. The second-order valence-electron chi connectivity index (χ2n) is 3.82. The van der Waals surface area contributed by atoms with Gasteiger partial charge < -0.3 is 0 Å². The number of hydrogen-bond donors (Lipinski definition) is 0. The molecule has 3 nitrogen and oxygen atoms in total. The minimum absolute atomic E-state index is 0.0987. The molecule has 0 unspecified atom stereocenters. The largest absolute Gasteiger partial charge is 0.269 e. The topological polar surface area (TPSA) is 43.1 Å². The Balaban J connectivity index is 2.20. The molecule has 0 aliphatic carbocycles. The fourth-order valence-electron chi connectivity index (χ4n) is 1.53. The number of nitro benzene ring substituents is 1. The van der Waals surface area contributed by atoms with E-state index in [9.17, 15) is 10.1 Å². The van der Waals surface area contributed by atoms with E-state index in [0.717, 1.165) is 15.4 Å². The first-order chi connectivity index (χ1) is 8.54. The zero-order chi connectivity index (χ0) is 13.1. The van der Waals surface area contributed by atoms with Crippen molar-refractivity contribution < 1.29 is 4.92 Å². The molecule has 5 heteroatoms. The summed E-state index contributed by atoms with van der Waals surface area (Å²) < 4.78 is 0. The second-order valence-corrected chi connectivity index (χ2v) is 5.40. The molecule has 18 heavy (non-hydrogen) atoms. The summed E-state index contributed by atoms with van der Waals surface area (Å²) in [5, 5.41) is 11.2. The fraction of sp³-hybridized carbons (Fsp3) is 0.0769. The molecule has 2 rings (SSSR count). The van der Waals surface area contributed by atoms with Crippen LogP contribution < -0.4 is 0 Å². The van der Waals surface area contributed by atoms with Gasteiger partial charge in [0.1, 0.15) is 0 Å². The van der Waals surface area contributed by atoms with Crippen molar-refractivity contribution in [3.05, 3.63) is 63.2 Å². The molecule has 0 aromatic heterocycles. The standard InChI is InChI=1S/C13H10ClNO2S/c1-9-6-10(14)8-13(7-9)18-12-4-2-11(3-5-12)15(16)17/h2-8H,1H3. The lowest BCUT2D eigenvalue weighted by Gasteiger charge is -2.03. The van der Waals surface area contributed by atoms with Crippen LogP contribution in [0.5, 0.6) is 0 Å². The predicted molar refractivity (Wildman–Crippen MR) is 73.4 cm³/mol. The Morgan fingerprint density at radius 2 is 1.78 bits per heavy atom. The van der Waals surface area contributed by atoms with Crippen LogP contribution in [-0.2, 0) is 0 Å². The van der Waals surface area contributed by atoms with Gasteiger partial charge >= 0.3 is 0 Å². The summed E-state index contributed by atoms with van der Waals surface area (Å²) in [6, 6.07) is 12.3. The minimum atomic E-state index is -0.405. The van der Waals surface area contributed by atoms with Gasteiger partial charge in [-0.15, -0.1) is 0 Å². The molecule has 0 heterocycles. The van der Waals surface area contributed by atoms with Crippen LogP contribution in [0, 0.1) is 17.0 Å². The van der Waals surface area contributed by atoms with Gasteiger partial charge in [0.25, 0.3) is 5.69 Å². The van der Waals surface area contributed by atoms with E-state index in [2.05, 4.69) is 0 Å². The molecule has 92 valence electrons. The summed E-state index contributed by atoms with van der Waals surface area (Å²) in [5.41, 5.74) is 1.19. The number of hydrogen-bond acceptors (Lipinski definition) is 3. The third kappa shape index (κ3) is 3.24. The Kier molecular flexibility index (Phi) is 3.89. The molecule has 0 bridgehead atoms. The van der Waals surface area contributed by atoms with Gasteiger partial charge in [0.15, 0.2) is 0 Å². The molecular weight excluding hydrogens is 270 g/mol. The normalized spacial score (nSPS) is 10.3. The first kappa shape index (κ1) is 12.9. The first-order valence-corrected chi connectivity index (χ1v) is 6.43. The van der Waals surface area contributed by atoms with Gasteiger partial charge in [-0.2, -0.15) is 0 Å². The van der Waals surface area contributed by atoms with Crippen molar-refractivity contribution in [2.24, 2.45) is 0 Å². The molecule has 0 fully saturated rings. The lowest BCUT2D eigenvalue weighted by atomic mass is 10.2. The molecule has 2 aromatic rings. The van der Waals surface area contributed by atoms with Crippen LogP contribution in [0.25, 0.3) is 0 Å². The number of nitro groups is 1. The quantitative estimate of drug-likeness (QED) is 0.604. The summed E-state index contributed by atoms with van der Waals surface area (Å²) in [6.45, 7) is 1.98. The lowest BCUT2D eigenvalue weighted by Crippen LogP contribution is -1.86. The number of non-ortho nitro benzene ring substituents is 1. The Labute approximate surface area is 114 Å². The van der Waals surface area contributed by atoms with E-state index in [-0.39, 0.29) is 5.69 Å². The van der Waals surface area contributed by atoms with Gasteiger partial charge in [-0.3, -0.25) is 10.1 Å². The van der Waals surface area contributed by atoms with E-state index >= 15 is 0 Å². The van der Waals surface area contributed by atoms with Gasteiger partial charge in [0, 0.05) is 26.9 Å². The molecule has 0 atom stereocenters. The van der Waals surface area contributed by atoms with E-state index in [1.807, 2.05) is 25.1 Å². The van der Waals surface area contributed by atoms with Crippen LogP contribution in [0.3, 0.4) is 0 Å². The molecule has 2 aromatic carbocycles. The van der Waals surface area contributed by atoms with Crippen molar-refractivity contribution in [3.8, 4) is 0 Å². The molecule has 0 N–H and O–H groups in total. The van der Waals surface area contributed by atoms with Crippen molar-refractivity contribution in [2.45, 2.75) is 16.7 Å². The molecule has 0 amide bonds. The highest BCUT2D eigenvalue weighted by molar-refractivity contribution is 7.99. The van der Waals surface area contributed by atoms with Crippen LogP contribution in [0.4, 0.5) is 5.69 Å². The number of halogens is 1. The van der Waals surface area contributed by atoms with Crippen molar-refractivity contribution in [1.29, 1.82) is 0 Å². The van der Waals surface area contributed by atoms with Gasteiger partial charge in [-0.25, -0.2) is 0 Å². The second kappa shape index (κ2) is 5.42. The maximum Gasteiger partial charge on any atom is 0.269 e. The number of rotatable bonds is 3. The maximum atomic E-state index is 10.5. The van der Waals surface area contributed by atoms with Gasteiger partial charge in [-0.1, -0.05) is 23.4 Å². The number of nitrogens with zero attached hydrogens (tertiary/aromatic N) is 1. The van der Waals surface area contributed by atoms with E-state index in [1.165, 1.54) is 23.9 Å². The zero-order valence-corrected chi connectivity index (χ0v) is 11.2. The zero-order valence-electron chi connectivity index (χ0n) is 9.59. The first-order valence-electron chi connectivity index (χ1n) is 5.24.